The summed E-state index contributed by atoms with van der Waals surface area (Å²) in [7, 11) is 2.79. The summed E-state index contributed by atoms with van der Waals surface area (Å²) in [4.78, 5) is 24.3. The van der Waals surface area contributed by atoms with Crippen molar-refractivity contribution >= 4 is 17.6 Å². The number of esters is 1. The maximum atomic E-state index is 12.3. The van der Waals surface area contributed by atoms with Crippen LogP contribution in [0.2, 0.25) is 0 Å². The third-order valence-corrected chi connectivity index (χ3v) is 3.80. The van der Waals surface area contributed by atoms with Gasteiger partial charge in [0, 0.05) is 6.42 Å². The van der Waals surface area contributed by atoms with Crippen molar-refractivity contribution in [3.05, 3.63) is 53.6 Å². The molecule has 0 saturated carbocycles. The van der Waals surface area contributed by atoms with Crippen molar-refractivity contribution in [1.29, 1.82) is 0 Å². The van der Waals surface area contributed by atoms with Gasteiger partial charge < -0.3 is 19.5 Å². The van der Waals surface area contributed by atoms with Gasteiger partial charge in [-0.15, -0.1) is 0 Å². The molecule has 0 unspecified atom stereocenters. The Morgan fingerprint density at radius 1 is 1.08 bits per heavy atom. The number of aryl methyl sites for hydroxylation is 1. The molecule has 6 heteroatoms. The zero-order valence-corrected chi connectivity index (χ0v) is 15.2. The van der Waals surface area contributed by atoms with Crippen LogP contribution in [0.5, 0.6) is 11.5 Å². The Balaban J connectivity index is 2.07. The van der Waals surface area contributed by atoms with Crippen molar-refractivity contribution in [3.63, 3.8) is 0 Å². The SMILES string of the molecule is CCOc1ccccc1CCC(=O)Nc1ccc(OC)cc1C(=O)OC. The molecular weight excluding hydrogens is 334 g/mol. The van der Waals surface area contributed by atoms with Crippen molar-refractivity contribution in [1.82, 2.24) is 0 Å². The first-order valence-electron chi connectivity index (χ1n) is 8.36. The van der Waals surface area contributed by atoms with Crippen LogP contribution in [-0.2, 0) is 16.0 Å². The lowest BCUT2D eigenvalue weighted by atomic mass is 10.1. The fourth-order valence-electron chi connectivity index (χ4n) is 2.51. The predicted octanol–water partition coefficient (Wildman–Crippen LogP) is 3.45. The number of rotatable bonds is 8. The summed E-state index contributed by atoms with van der Waals surface area (Å²) in [5.74, 6) is 0.545. The standard InChI is InChI=1S/C20H23NO5/c1-4-26-18-8-6-5-7-14(18)9-12-19(22)21-17-11-10-15(24-2)13-16(17)20(23)25-3/h5-8,10-11,13H,4,9,12H2,1-3H3,(H,21,22). The first-order chi connectivity index (χ1) is 12.6. The van der Waals surface area contributed by atoms with E-state index in [-0.39, 0.29) is 17.9 Å². The molecule has 0 spiro atoms. The van der Waals surface area contributed by atoms with Crippen LogP contribution in [0.25, 0.3) is 0 Å². The lowest BCUT2D eigenvalue weighted by molar-refractivity contribution is -0.116. The number of carbonyl (C=O) groups is 2. The molecule has 0 aliphatic rings. The highest BCUT2D eigenvalue weighted by Crippen LogP contribution is 2.24. The molecule has 138 valence electrons. The van der Waals surface area contributed by atoms with Gasteiger partial charge in [-0.3, -0.25) is 4.79 Å². The number of nitrogens with one attached hydrogen (secondary N) is 1. The highest BCUT2D eigenvalue weighted by molar-refractivity contribution is 6.01. The van der Waals surface area contributed by atoms with Crippen molar-refractivity contribution in [3.8, 4) is 11.5 Å². The van der Waals surface area contributed by atoms with Crippen LogP contribution in [0.1, 0.15) is 29.3 Å². The smallest absolute Gasteiger partial charge is 0.340 e. The lowest BCUT2D eigenvalue weighted by Crippen LogP contribution is -2.16. The van der Waals surface area contributed by atoms with Gasteiger partial charge in [0.05, 0.1) is 32.1 Å². The average molecular weight is 357 g/mol. The Morgan fingerprint density at radius 2 is 1.85 bits per heavy atom. The highest BCUT2D eigenvalue weighted by Gasteiger charge is 2.15. The Hall–Kier alpha value is -3.02. The number of ether oxygens (including phenoxy) is 3. The van der Waals surface area contributed by atoms with E-state index < -0.39 is 5.97 Å². The minimum atomic E-state index is -0.541. The molecule has 0 aliphatic heterocycles. The maximum Gasteiger partial charge on any atom is 0.340 e. The molecule has 0 heterocycles. The summed E-state index contributed by atoms with van der Waals surface area (Å²) < 4.78 is 15.5. The number of carbonyl (C=O) groups excluding carboxylic acids is 2. The second-order valence-corrected chi connectivity index (χ2v) is 5.49. The third-order valence-electron chi connectivity index (χ3n) is 3.80. The van der Waals surface area contributed by atoms with Crippen molar-refractivity contribution in [2.75, 3.05) is 26.1 Å². The quantitative estimate of drug-likeness (QED) is 0.733. The van der Waals surface area contributed by atoms with E-state index in [4.69, 9.17) is 14.2 Å². The number of amides is 1. The average Bonchev–Trinajstić information content (AvgIpc) is 2.67. The Bertz CT molecular complexity index is 773. The van der Waals surface area contributed by atoms with E-state index in [2.05, 4.69) is 5.32 Å². The van der Waals surface area contributed by atoms with Gasteiger partial charge in [-0.05, 0) is 43.2 Å². The van der Waals surface area contributed by atoms with Gasteiger partial charge in [-0.2, -0.15) is 0 Å². The van der Waals surface area contributed by atoms with Crippen LogP contribution in [0.4, 0.5) is 5.69 Å². The normalized spacial score (nSPS) is 10.1. The Labute approximate surface area is 153 Å². The van der Waals surface area contributed by atoms with Crippen LogP contribution >= 0.6 is 0 Å². The van der Waals surface area contributed by atoms with Crippen molar-refractivity contribution < 1.29 is 23.8 Å². The van der Waals surface area contributed by atoms with Gasteiger partial charge in [-0.1, -0.05) is 18.2 Å². The van der Waals surface area contributed by atoms with Gasteiger partial charge in [0.25, 0.3) is 0 Å². The molecule has 2 aromatic rings. The molecule has 0 fully saturated rings. The van der Waals surface area contributed by atoms with Crippen LogP contribution < -0.4 is 14.8 Å². The molecule has 0 bridgehead atoms. The summed E-state index contributed by atoms with van der Waals surface area (Å²) in [5, 5.41) is 2.76. The Kier molecular flexibility index (Phi) is 7.02. The monoisotopic (exact) mass is 357 g/mol. The van der Waals surface area contributed by atoms with Gasteiger partial charge in [0.1, 0.15) is 11.5 Å². The zero-order valence-electron chi connectivity index (χ0n) is 15.2. The minimum Gasteiger partial charge on any atom is -0.497 e. The van der Waals surface area contributed by atoms with Gasteiger partial charge in [0.2, 0.25) is 5.91 Å². The fourth-order valence-corrected chi connectivity index (χ4v) is 2.51. The molecule has 2 aromatic carbocycles. The molecule has 26 heavy (non-hydrogen) atoms. The molecular formula is C20H23NO5. The number of hydrogen-bond donors (Lipinski definition) is 1. The second-order valence-electron chi connectivity index (χ2n) is 5.49. The zero-order chi connectivity index (χ0) is 18.9. The van der Waals surface area contributed by atoms with Crippen molar-refractivity contribution in [2.45, 2.75) is 19.8 Å². The van der Waals surface area contributed by atoms with Crippen LogP contribution in [0.15, 0.2) is 42.5 Å². The molecule has 2 rings (SSSR count). The van der Waals surface area contributed by atoms with E-state index in [0.717, 1.165) is 11.3 Å². The van der Waals surface area contributed by atoms with E-state index in [1.54, 1.807) is 12.1 Å². The maximum absolute atomic E-state index is 12.3. The minimum absolute atomic E-state index is 0.202. The van der Waals surface area contributed by atoms with E-state index in [0.29, 0.717) is 24.5 Å². The molecule has 6 nitrogen and oxygen atoms in total. The molecule has 0 saturated heterocycles. The summed E-state index contributed by atoms with van der Waals surface area (Å²) >= 11 is 0. The summed E-state index contributed by atoms with van der Waals surface area (Å²) in [5.41, 5.74) is 1.60. The number of benzene rings is 2. The number of para-hydroxylation sites is 1. The van der Waals surface area contributed by atoms with Crippen LogP contribution in [-0.4, -0.2) is 32.7 Å². The first kappa shape index (κ1) is 19.3. The van der Waals surface area contributed by atoms with E-state index in [1.165, 1.54) is 20.3 Å². The van der Waals surface area contributed by atoms with Crippen LogP contribution in [0.3, 0.4) is 0 Å². The van der Waals surface area contributed by atoms with Gasteiger partial charge >= 0.3 is 5.97 Å². The lowest BCUT2D eigenvalue weighted by Gasteiger charge is -2.12. The fraction of sp³-hybridized carbons (Fsp3) is 0.300. The molecule has 0 aliphatic carbocycles. The topological polar surface area (TPSA) is 73.9 Å². The molecule has 0 aromatic heterocycles. The largest absolute Gasteiger partial charge is 0.497 e. The van der Waals surface area contributed by atoms with Gasteiger partial charge in [-0.25, -0.2) is 4.79 Å². The number of hydrogen-bond acceptors (Lipinski definition) is 5. The molecule has 1 amide bonds. The second kappa shape index (κ2) is 9.46. The number of anilines is 1. The van der Waals surface area contributed by atoms with E-state index >= 15 is 0 Å². The summed E-state index contributed by atoms with van der Waals surface area (Å²) in [6.07, 6.45) is 0.794. The molecule has 0 atom stereocenters. The van der Waals surface area contributed by atoms with Crippen LogP contribution in [0, 0.1) is 0 Å². The molecule has 0 radical (unpaired) electrons. The Morgan fingerprint density at radius 3 is 2.54 bits per heavy atom. The first-order valence-corrected chi connectivity index (χ1v) is 8.36. The summed E-state index contributed by atoms with van der Waals surface area (Å²) in [6, 6.07) is 12.5. The third kappa shape index (κ3) is 4.99. The predicted molar refractivity (Wildman–Crippen MR) is 98.9 cm³/mol. The highest BCUT2D eigenvalue weighted by atomic mass is 16.5. The van der Waals surface area contributed by atoms with E-state index in [1.807, 2.05) is 31.2 Å². The summed E-state index contributed by atoms with van der Waals surface area (Å²) in [6.45, 7) is 2.49. The number of methoxy groups -OCH3 is 2. The molecule has 1 N–H and O–H groups in total. The van der Waals surface area contributed by atoms with E-state index in [9.17, 15) is 9.59 Å². The van der Waals surface area contributed by atoms with Crippen molar-refractivity contribution in [2.24, 2.45) is 0 Å². The van der Waals surface area contributed by atoms with Gasteiger partial charge in [0.15, 0.2) is 0 Å².